The van der Waals surface area contributed by atoms with Gasteiger partial charge in [0.05, 0.1) is 13.2 Å². The highest BCUT2D eigenvalue weighted by Gasteiger charge is 2.22. The van der Waals surface area contributed by atoms with Gasteiger partial charge in [-0.2, -0.15) is 0 Å². The number of rotatable bonds is 1. The van der Waals surface area contributed by atoms with Crippen molar-refractivity contribution in [3.05, 3.63) is 24.3 Å². The van der Waals surface area contributed by atoms with Crippen LogP contribution in [0.15, 0.2) is 24.3 Å². The highest BCUT2D eigenvalue weighted by molar-refractivity contribution is 5.08. The summed E-state index contributed by atoms with van der Waals surface area (Å²) in [7, 11) is 0. The van der Waals surface area contributed by atoms with Crippen LogP contribution in [0.1, 0.15) is 0 Å². The molecule has 0 bridgehead atoms. The number of hydrogen-bond donors (Lipinski definition) is 0. The zero-order valence-corrected chi connectivity index (χ0v) is 5.69. The van der Waals surface area contributed by atoms with E-state index in [0.29, 0.717) is 0 Å². The molecule has 2 aliphatic rings. The maximum Gasteiger partial charge on any atom is 0.106 e. The molecule has 2 heteroatoms. The zero-order chi connectivity index (χ0) is 6.81. The molecule has 0 saturated carbocycles. The Balaban J connectivity index is 1.98. The minimum absolute atomic E-state index is 0.166. The van der Waals surface area contributed by atoms with Crippen LogP contribution in [0.4, 0.5) is 0 Å². The average Bonchev–Trinajstić information content (AvgIpc) is 2.59. The van der Waals surface area contributed by atoms with E-state index in [0.717, 1.165) is 13.2 Å². The molecular formula is C8H10O2. The van der Waals surface area contributed by atoms with Crippen molar-refractivity contribution in [3.63, 3.8) is 0 Å². The molecule has 0 radical (unpaired) electrons. The summed E-state index contributed by atoms with van der Waals surface area (Å²) in [5.74, 6) is 0. The smallest absolute Gasteiger partial charge is 0.106 e. The molecule has 0 aliphatic carbocycles. The van der Waals surface area contributed by atoms with Crippen LogP contribution in [-0.4, -0.2) is 25.4 Å². The first-order valence-electron chi connectivity index (χ1n) is 3.53. The van der Waals surface area contributed by atoms with E-state index < -0.39 is 0 Å². The fourth-order valence-electron chi connectivity index (χ4n) is 1.23. The van der Waals surface area contributed by atoms with Gasteiger partial charge in [0.25, 0.3) is 0 Å². The molecule has 2 aliphatic heterocycles. The van der Waals surface area contributed by atoms with Crippen molar-refractivity contribution in [1.82, 2.24) is 0 Å². The van der Waals surface area contributed by atoms with Gasteiger partial charge in [0.2, 0.25) is 0 Å². The van der Waals surface area contributed by atoms with Gasteiger partial charge in [0.15, 0.2) is 0 Å². The van der Waals surface area contributed by atoms with E-state index in [1.807, 2.05) is 12.2 Å². The lowest BCUT2D eigenvalue weighted by atomic mass is 10.2. The molecule has 0 aromatic heterocycles. The average molecular weight is 138 g/mol. The van der Waals surface area contributed by atoms with E-state index in [4.69, 9.17) is 9.47 Å². The van der Waals surface area contributed by atoms with Crippen LogP contribution in [0.25, 0.3) is 0 Å². The standard InChI is InChI=1S/C8H10O2/c1-3-7(9-5-1)8-4-2-6-10-8/h1-4,7-8H,5-6H2. The lowest BCUT2D eigenvalue weighted by Crippen LogP contribution is -2.23. The molecule has 2 unspecified atom stereocenters. The summed E-state index contributed by atoms with van der Waals surface area (Å²) in [4.78, 5) is 0. The van der Waals surface area contributed by atoms with Crippen molar-refractivity contribution in [3.8, 4) is 0 Å². The molecule has 0 amide bonds. The topological polar surface area (TPSA) is 18.5 Å². The summed E-state index contributed by atoms with van der Waals surface area (Å²) in [6.45, 7) is 1.47. The Morgan fingerprint density at radius 2 is 1.40 bits per heavy atom. The van der Waals surface area contributed by atoms with Gasteiger partial charge in [-0.25, -0.2) is 0 Å². The fraction of sp³-hybridized carbons (Fsp3) is 0.500. The highest BCUT2D eigenvalue weighted by atomic mass is 16.5. The summed E-state index contributed by atoms with van der Waals surface area (Å²) < 4.78 is 10.7. The lowest BCUT2D eigenvalue weighted by Gasteiger charge is -2.13. The summed E-state index contributed by atoms with van der Waals surface area (Å²) in [6, 6.07) is 0. The van der Waals surface area contributed by atoms with Crippen LogP contribution in [0.5, 0.6) is 0 Å². The quantitative estimate of drug-likeness (QED) is 0.501. The Hall–Kier alpha value is -0.600. The van der Waals surface area contributed by atoms with Crippen molar-refractivity contribution in [2.45, 2.75) is 12.2 Å². The number of ether oxygens (including phenoxy) is 2. The van der Waals surface area contributed by atoms with E-state index in [2.05, 4.69) is 12.2 Å². The molecule has 0 saturated heterocycles. The molecule has 0 aromatic carbocycles. The molecule has 2 heterocycles. The van der Waals surface area contributed by atoms with Gasteiger partial charge in [-0.05, 0) is 0 Å². The van der Waals surface area contributed by atoms with E-state index in [9.17, 15) is 0 Å². The second-order valence-electron chi connectivity index (χ2n) is 2.45. The van der Waals surface area contributed by atoms with Crippen LogP contribution in [0.3, 0.4) is 0 Å². The number of hydrogen-bond acceptors (Lipinski definition) is 2. The van der Waals surface area contributed by atoms with Crippen molar-refractivity contribution in [1.29, 1.82) is 0 Å². The van der Waals surface area contributed by atoms with E-state index in [1.54, 1.807) is 0 Å². The first kappa shape index (κ1) is 6.13. The third kappa shape index (κ3) is 1.00. The minimum Gasteiger partial charge on any atom is -0.367 e. The van der Waals surface area contributed by atoms with Gasteiger partial charge >= 0.3 is 0 Å². The normalized spacial score (nSPS) is 37.6. The Morgan fingerprint density at radius 3 is 1.70 bits per heavy atom. The van der Waals surface area contributed by atoms with E-state index in [1.165, 1.54) is 0 Å². The Bertz CT molecular complexity index is 152. The van der Waals surface area contributed by atoms with Crippen molar-refractivity contribution >= 4 is 0 Å². The third-order valence-electron chi connectivity index (χ3n) is 1.75. The summed E-state index contributed by atoms with van der Waals surface area (Å²) in [5.41, 5.74) is 0. The van der Waals surface area contributed by atoms with Crippen LogP contribution >= 0.6 is 0 Å². The summed E-state index contributed by atoms with van der Waals surface area (Å²) in [5, 5.41) is 0. The van der Waals surface area contributed by atoms with E-state index >= 15 is 0 Å². The second kappa shape index (κ2) is 2.56. The van der Waals surface area contributed by atoms with E-state index in [-0.39, 0.29) is 12.2 Å². The molecule has 2 rings (SSSR count). The molecule has 0 fully saturated rings. The molecule has 54 valence electrons. The molecule has 2 atom stereocenters. The Morgan fingerprint density at radius 1 is 0.900 bits per heavy atom. The SMILES string of the molecule is C1=CC(C2C=CCO2)OC1. The minimum atomic E-state index is 0.166. The molecule has 0 spiro atoms. The maximum atomic E-state index is 5.35. The molecule has 0 aromatic rings. The monoisotopic (exact) mass is 138 g/mol. The lowest BCUT2D eigenvalue weighted by molar-refractivity contribution is 0.00890. The third-order valence-corrected chi connectivity index (χ3v) is 1.75. The van der Waals surface area contributed by atoms with Gasteiger partial charge in [-0.15, -0.1) is 0 Å². The second-order valence-corrected chi connectivity index (χ2v) is 2.45. The van der Waals surface area contributed by atoms with Crippen LogP contribution in [-0.2, 0) is 9.47 Å². The highest BCUT2D eigenvalue weighted by Crippen LogP contribution is 2.15. The summed E-state index contributed by atoms with van der Waals surface area (Å²) >= 11 is 0. The molecule has 2 nitrogen and oxygen atoms in total. The van der Waals surface area contributed by atoms with Crippen LogP contribution in [0.2, 0.25) is 0 Å². The van der Waals surface area contributed by atoms with Gasteiger partial charge in [-0.3, -0.25) is 0 Å². The molecule has 0 N–H and O–H groups in total. The van der Waals surface area contributed by atoms with Crippen molar-refractivity contribution in [2.24, 2.45) is 0 Å². The predicted octanol–water partition coefficient (Wildman–Crippen LogP) is 0.896. The first-order chi connectivity index (χ1) is 4.97. The summed E-state index contributed by atoms with van der Waals surface area (Å²) in [6.07, 6.45) is 8.50. The largest absolute Gasteiger partial charge is 0.367 e. The van der Waals surface area contributed by atoms with Gasteiger partial charge < -0.3 is 9.47 Å². The van der Waals surface area contributed by atoms with Crippen LogP contribution < -0.4 is 0 Å². The van der Waals surface area contributed by atoms with Gasteiger partial charge in [0, 0.05) is 0 Å². The Kier molecular flexibility index (Phi) is 1.57. The first-order valence-corrected chi connectivity index (χ1v) is 3.53. The van der Waals surface area contributed by atoms with Crippen LogP contribution in [0, 0.1) is 0 Å². The molecular weight excluding hydrogens is 128 g/mol. The zero-order valence-electron chi connectivity index (χ0n) is 5.69. The Labute approximate surface area is 60.1 Å². The fourth-order valence-corrected chi connectivity index (χ4v) is 1.23. The van der Waals surface area contributed by atoms with Gasteiger partial charge in [-0.1, -0.05) is 24.3 Å². The van der Waals surface area contributed by atoms with Crippen molar-refractivity contribution in [2.75, 3.05) is 13.2 Å². The van der Waals surface area contributed by atoms with Gasteiger partial charge in [0.1, 0.15) is 12.2 Å². The predicted molar refractivity (Wildman–Crippen MR) is 37.8 cm³/mol. The van der Waals surface area contributed by atoms with Crippen molar-refractivity contribution < 1.29 is 9.47 Å². The molecule has 10 heavy (non-hydrogen) atoms. The maximum absolute atomic E-state index is 5.35.